The second-order valence-electron chi connectivity index (χ2n) is 29.5. The van der Waals surface area contributed by atoms with Crippen molar-refractivity contribution in [3.05, 3.63) is 259 Å². The number of carbonyl (C=O) groups excluding carboxylic acids is 11. The molecule has 0 saturated heterocycles. The predicted octanol–water partition coefficient (Wildman–Crippen LogP) is 8.86. The summed E-state index contributed by atoms with van der Waals surface area (Å²) in [6.07, 6.45) is 19.2. The summed E-state index contributed by atoms with van der Waals surface area (Å²) in [6, 6.07) is 41.2. The van der Waals surface area contributed by atoms with Crippen LogP contribution in [0.4, 0.5) is 0 Å². The molecule has 0 saturated carbocycles. The van der Waals surface area contributed by atoms with Crippen molar-refractivity contribution in [2.24, 2.45) is 0 Å². The van der Waals surface area contributed by atoms with Gasteiger partial charge in [-0.25, -0.2) is 49.4 Å². The number of carbonyl (C=O) groups is 11. The maximum absolute atomic E-state index is 12.2. The Morgan fingerprint density at radius 3 is 1.02 bits per heavy atom. The summed E-state index contributed by atoms with van der Waals surface area (Å²) in [4.78, 5) is 154. The number of esters is 5. The van der Waals surface area contributed by atoms with E-state index in [1.807, 2.05) is 60.7 Å². The second kappa shape index (κ2) is 60.0. The maximum Gasteiger partial charge on any atom is 0.328 e. The third kappa shape index (κ3) is 44.1. The van der Waals surface area contributed by atoms with Gasteiger partial charge >= 0.3 is 29.8 Å². The van der Waals surface area contributed by atoms with E-state index in [4.69, 9.17) is 0 Å². The monoisotopic (exact) mass is 1840 g/mol. The molecular weight excluding hydrogens is 1720 g/mol. The molecule has 6 amide bonds. The summed E-state index contributed by atoms with van der Waals surface area (Å²) in [5.41, 5.74) is 5.94. The topological polar surface area (TPSA) is 416 Å². The summed E-state index contributed by atoms with van der Waals surface area (Å²) in [5.74, 6) is 13.8. The van der Waals surface area contributed by atoms with Gasteiger partial charge < -0.3 is 64.3 Å². The molecule has 5 aromatic carbocycles. The molecule has 7 aromatic rings. The highest BCUT2D eigenvalue weighted by Crippen LogP contribution is 2.15. The molecule has 0 aliphatic heterocycles. The fraction of sp³-hybridized carbons (Fsp3) is 0.371. The van der Waals surface area contributed by atoms with Crippen LogP contribution in [0, 0.1) is 35.5 Å². The quantitative estimate of drug-likeness (QED) is 0.0106. The minimum absolute atomic E-state index is 0.00127. The first-order valence-corrected chi connectivity index (χ1v) is 45.2. The lowest BCUT2D eigenvalue weighted by Crippen LogP contribution is -2.39. The molecule has 0 aliphatic carbocycles. The lowest BCUT2D eigenvalue weighted by atomic mass is 10.1. The standard InChI is InChI=1S/C21H24N2O4.C21H22N2O4.C19H24N2O4.C18H24N2O5S.C18H26N2O5S/c2*1-16(21(26)27-2)22-20(25)18-11-8-10-17(15-18)9-4-3-6-13-23-14-7-5-12-19(23)24;1-14(19(24)25-4)20-18(23)17-11-8-10-16(13-17)9-6-5-7-12-21(3)15(2)22;1-14(18(22)25-3)19-17(21)16-11-8-10-15(13-16)9-6-5-7-12-20(2)26(4,23)24;1-14(18(22)25-4)19-17(21)16-11-8-10-15(13-16)9-6-5-7-12-26(23,24)20(2)3/h4-5,7-12,14-16H,3,6,13H2,1-2H3,(H,22,25);5,7-8,10-12,14-16H,3,6,13H2,1-2H3,(H,22,25);8,10-11,13-14H,5,7,12H2,1-4H3,(H,20,23);8,10-11,13-14H,5,7,12H2,1-4H3,(H,19,21);6,8-11,13-14H,5,7,12H2,1-4H3,(H,19,21)/b9-4-;;;;9-6-/t2*16-;3*14-/m11111/s1. The Morgan fingerprint density at radius 2 is 0.702 bits per heavy atom. The Balaban J connectivity index is 0.000000422. The normalized spacial score (nSPS) is 11.8. The van der Waals surface area contributed by atoms with E-state index < -0.39 is 80.1 Å². The highest BCUT2D eigenvalue weighted by Gasteiger charge is 2.23. The number of unbranched alkanes of at least 4 members (excludes halogenated alkanes) is 5. The zero-order valence-corrected chi connectivity index (χ0v) is 78.6. The van der Waals surface area contributed by atoms with Crippen molar-refractivity contribution in [3.63, 3.8) is 0 Å². The summed E-state index contributed by atoms with van der Waals surface area (Å²) >= 11 is 0. The van der Waals surface area contributed by atoms with Crippen molar-refractivity contribution in [2.45, 2.75) is 149 Å². The van der Waals surface area contributed by atoms with Crippen molar-refractivity contribution in [2.75, 3.05) is 88.8 Å². The van der Waals surface area contributed by atoms with Crippen LogP contribution in [0.2, 0.25) is 0 Å². The molecule has 2 aromatic heterocycles. The molecule has 0 spiro atoms. The number of nitrogens with one attached hydrogen (secondary N) is 5. The molecule has 0 aliphatic rings. The van der Waals surface area contributed by atoms with Crippen LogP contribution in [0.25, 0.3) is 12.2 Å². The summed E-state index contributed by atoms with van der Waals surface area (Å²) < 4.78 is 74.6. The van der Waals surface area contributed by atoms with Gasteiger partial charge in [0, 0.05) is 150 Å². The van der Waals surface area contributed by atoms with Gasteiger partial charge in [-0.15, -0.1) is 0 Å². The van der Waals surface area contributed by atoms with E-state index in [9.17, 15) is 79.2 Å². The first kappa shape index (κ1) is 111. The summed E-state index contributed by atoms with van der Waals surface area (Å²) in [6.45, 7) is 11.7. The Bertz CT molecular complexity index is 5630. The van der Waals surface area contributed by atoms with Crippen LogP contribution in [0.1, 0.15) is 185 Å². The highest BCUT2D eigenvalue weighted by atomic mass is 32.2. The van der Waals surface area contributed by atoms with Crippen LogP contribution in [0.15, 0.2) is 192 Å². The predicted molar refractivity (Wildman–Crippen MR) is 501 cm³/mol. The molecule has 0 unspecified atom stereocenters. The first-order chi connectivity index (χ1) is 62.2. The van der Waals surface area contributed by atoms with Gasteiger partial charge in [0.2, 0.25) is 37.1 Å². The Labute approximate surface area is 767 Å². The van der Waals surface area contributed by atoms with Gasteiger partial charge in [0.25, 0.3) is 29.5 Å². The van der Waals surface area contributed by atoms with Gasteiger partial charge in [0.1, 0.15) is 30.2 Å². The number of aryl methyl sites for hydroxylation is 2. The number of methoxy groups -OCH3 is 5. The van der Waals surface area contributed by atoms with Crippen molar-refractivity contribution < 1.29 is 93.3 Å². The number of hydrogen-bond donors (Lipinski definition) is 5. The van der Waals surface area contributed by atoms with E-state index >= 15 is 0 Å². The van der Waals surface area contributed by atoms with Gasteiger partial charge in [-0.2, -0.15) is 0 Å². The fourth-order valence-electron chi connectivity index (χ4n) is 11.0. The van der Waals surface area contributed by atoms with Crippen molar-refractivity contribution >= 4 is 97.5 Å². The molecule has 32 nitrogen and oxygen atoms in total. The number of pyridine rings is 2. The van der Waals surface area contributed by atoms with Gasteiger partial charge in [-0.3, -0.25) is 38.4 Å². The van der Waals surface area contributed by atoms with E-state index in [0.29, 0.717) is 104 Å². The van der Waals surface area contributed by atoms with Crippen LogP contribution < -0.4 is 37.7 Å². The largest absolute Gasteiger partial charge is 0.467 e. The van der Waals surface area contributed by atoms with Gasteiger partial charge in [0.05, 0.1) is 47.6 Å². The van der Waals surface area contributed by atoms with Crippen molar-refractivity contribution in [1.29, 1.82) is 0 Å². The molecule has 0 radical (unpaired) electrons. The molecule has 0 fully saturated rings. The number of amides is 6. The number of allylic oxidation sites excluding steroid dienone is 2. The summed E-state index contributed by atoms with van der Waals surface area (Å²) in [5, 5.41) is 12.9. The average molecular weight is 1840 g/mol. The molecule has 131 heavy (non-hydrogen) atoms. The number of sulfonamides is 2. The fourth-order valence-corrected chi connectivity index (χ4v) is 12.3. The minimum Gasteiger partial charge on any atom is -0.467 e. The van der Waals surface area contributed by atoms with Gasteiger partial charge in [0.15, 0.2) is 0 Å². The molecule has 5 N–H and O–H groups in total. The van der Waals surface area contributed by atoms with Crippen LogP contribution in [0.5, 0.6) is 0 Å². The third-order valence-electron chi connectivity index (χ3n) is 18.8. The van der Waals surface area contributed by atoms with Crippen molar-refractivity contribution in [1.82, 2.24) is 49.2 Å². The van der Waals surface area contributed by atoms with E-state index in [1.165, 1.54) is 78.3 Å². The summed E-state index contributed by atoms with van der Waals surface area (Å²) in [7, 11) is 6.33. The average Bonchev–Trinajstić information content (AvgIpc) is 0.886. The number of hydrogen-bond acceptors (Lipinski definition) is 22. The van der Waals surface area contributed by atoms with Crippen LogP contribution >= 0.6 is 0 Å². The zero-order chi connectivity index (χ0) is 97.6. The highest BCUT2D eigenvalue weighted by molar-refractivity contribution is 7.89. The van der Waals surface area contributed by atoms with E-state index in [1.54, 1.807) is 183 Å². The molecule has 0 bridgehead atoms. The smallest absolute Gasteiger partial charge is 0.328 e. The Hall–Kier alpha value is -13.9. The van der Waals surface area contributed by atoms with E-state index in [2.05, 4.69) is 85.8 Å². The maximum atomic E-state index is 12.2. The molecule has 702 valence electrons. The van der Waals surface area contributed by atoms with E-state index in [-0.39, 0.29) is 52.3 Å². The molecule has 7 rings (SSSR count). The second-order valence-corrected chi connectivity index (χ2v) is 33.9. The SMILES string of the molecule is COC(=O)[C@@H](C)NC(=O)c1cccc(/C=C\CCCS(=O)(=O)N(C)C)c1.COC(=O)[C@@H](C)NC(=O)c1cccc(/C=C\CCCn2ccccc2=O)c1.COC(=O)[C@@H](C)NC(=O)c1cccc(C#CCCCN(C)C(C)=O)c1.COC(=O)[C@@H](C)NC(=O)c1cccc(C#CCCCN(C)S(C)(=O)=O)c1.COC(=O)[C@@H](C)NC(=O)c1cccc(C#CCCCn2ccccc2=O)c1. The molecule has 2 heterocycles. The van der Waals surface area contributed by atoms with E-state index in [0.717, 1.165) is 48.6 Å². The van der Waals surface area contributed by atoms with Gasteiger partial charge in [-0.1, -0.05) is 114 Å². The number of nitrogens with zero attached hydrogens (tertiary/aromatic N) is 5. The van der Waals surface area contributed by atoms with Crippen LogP contribution in [-0.2, 0) is 85.6 Å². The minimum atomic E-state index is -3.17. The Kier molecular flexibility index (Phi) is 51.0. The number of ether oxygens (including phenoxy) is 5. The number of rotatable bonds is 36. The number of aromatic nitrogens is 2. The zero-order valence-electron chi connectivity index (χ0n) is 77.0. The lowest BCUT2D eigenvalue weighted by molar-refractivity contribution is -0.143. The van der Waals surface area contributed by atoms with Gasteiger partial charge in [-0.05, 0) is 182 Å². The number of benzene rings is 5. The first-order valence-electron chi connectivity index (χ1n) is 41.8. The molecule has 34 heteroatoms. The van der Waals surface area contributed by atoms with Crippen LogP contribution in [-0.4, -0.2) is 224 Å². The molecular formula is C97H120N10O22S2. The van der Waals surface area contributed by atoms with Crippen LogP contribution in [0.3, 0.4) is 0 Å². The van der Waals surface area contributed by atoms with Crippen molar-refractivity contribution in [3.8, 4) is 35.5 Å². The molecule has 5 atom stereocenters. The Morgan fingerprint density at radius 1 is 0.397 bits per heavy atom. The third-order valence-corrected chi connectivity index (χ3v) is 22.0. The lowest BCUT2D eigenvalue weighted by Gasteiger charge is -2.12.